The Kier molecular flexibility index (Phi) is 7.88. The molecule has 7 N–H and O–H groups in total. The highest BCUT2D eigenvalue weighted by Gasteiger charge is 2.50. The summed E-state index contributed by atoms with van der Waals surface area (Å²) >= 11 is 0. The zero-order valence-electron chi connectivity index (χ0n) is 13.9. The number of aliphatic hydroxyl groups excluding tert-OH is 7. The van der Waals surface area contributed by atoms with Crippen LogP contribution in [-0.4, -0.2) is 117 Å². The number of ether oxygens (including phenoxy) is 4. The summed E-state index contributed by atoms with van der Waals surface area (Å²) in [7, 11) is 0. The first-order valence-electron chi connectivity index (χ1n) is 8.16. The first-order valence-corrected chi connectivity index (χ1v) is 8.16. The van der Waals surface area contributed by atoms with Crippen LogP contribution in [-0.2, 0) is 18.9 Å². The maximum absolute atomic E-state index is 10.3. The number of hydrogen-bond donors (Lipinski definition) is 7. The highest BCUT2D eigenvalue weighted by atomic mass is 16.7. The van der Waals surface area contributed by atoms with Gasteiger partial charge in [0.05, 0.1) is 19.8 Å². The van der Waals surface area contributed by atoms with Crippen LogP contribution >= 0.6 is 0 Å². The number of aliphatic hydroxyl groups is 7. The second-order valence-electron chi connectivity index (χ2n) is 6.13. The van der Waals surface area contributed by atoms with Crippen molar-refractivity contribution in [1.29, 1.82) is 0 Å². The zero-order chi connectivity index (χ0) is 19.4. The smallest absolute Gasteiger partial charge is 0.187 e. The fourth-order valence-electron chi connectivity index (χ4n) is 2.86. The molecule has 0 spiro atoms. The molecular formula is C15H26O11. The minimum atomic E-state index is -1.70. The van der Waals surface area contributed by atoms with Crippen LogP contribution in [0.3, 0.4) is 0 Å². The zero-order valence-corrected chi connectivity index (χ0v) is 13.9. The van der Waals surface area contributed by atoms with Crippen LogP contribution in [0.15, 0.2) is 12.7 Å². The van der Waals surface area contributed by atoms with E-state index in [1.165, 1.54) is 6.08 Å². The summed E-state index contributed by atoms with van der Waals surface area (Å²) in [6.07, 6.45) is -13.1. The lowest BCUT2D eigenvalue weighted by Gasteiger charge is -2.45. The molecule has 2 rings (SSSR count). The van der Waals surface area contributed by atoms with E-state index in [0.29, 0.717) is 0 Å². The molecule has 0 amide bonds. The van der Waals surface area contributed by atoms with Crippen LogP contribution in [0, 0.1) is 0 Å². The Morgan fingerprint density at radius 1 is 0.769 bits per heavy atom. The van der Waals surface area contributed by atoms with Gasteiger partial charge in [0.25, 0.3) is 0 Å². The molecule has 0 aromatic heterocycles. The second kappa shape index (κ2) is 9.48. The molecule has 11 heteroatoms. The third-order valence-electron chi connectivity index (χ3n) is 4.34. The average Bonchev–Trinajstić information content (AvgIpc) is 2.64. The highest BCUT2D eigenvalue weighted by molar-refractivity contribution is 4.94. The molecule has 10 atom stereocenters. The van der Waals surface area contributed by atoms with Crippen LogP contribution in [0.25, 0.3) is 0 Å². The fraction of sp³-hybridized carbons (Fsp3) is 0.867. The number of rotatable bonds is 7. The van der Waals surface area contributed by atoms with E-state index in [9.17, 15) is 35.7 Å². The van der Waals surface area contributed by atoms with E-state index < -0.39 is 74.6 Å². The first-order chi connectivity index (χ1) is 12.3. The summed E-state index contributed by atoms with van der Waals surface area (Å²) in [5.41, 5.74) is 0. The molecule has 0 aromatic carbocycles. The number of hydrogen-bond acceptors (Lipinski definition) is 11. The molecule has 2 fully saturated rings. The standard InChI is InChI=1S/C15H26O11/c1-2-3-23-14-12(22)10(20)13(7(5-17)25-14)26-15-11(21)9(19)8(18)6(4-16)24-15/h2,6-22H,1,3-5H2/t6-,7-,8-,9+,10-,11-,12-,13-,14-,15+/m1/s1. The molecule has 0 aromatic rings. The van der Waals surface area contributed by atoms with E-state index in [1.807, 2.05) is 0 Å². The maximum Gasteiger partial charge on any atom is 0.187 e. The van der Waals surface area contributed by atoms with Gasteiger partial charge in [0.15, 0.2) is 12.6 Å². The Bertz CT molecular complexity index is 445. The maximum atomic E-state index is 10.3. The van der Waals surface area contributed by atoms with Gasteiger partial charge in [-0.3, -0.25) is 0 Å². The lowest BCUT2D eigenvalue weighted by atomic mass is 9.97. The largest absolute Gasteiger partial charge is 0.394 e. The fourth-order valence-corrected chi connectivity index (χ4v) is 2.86. The first kappa shape index (κ1) is 21.6. The van der Waals surface area contributed by atoms with Crippen LogP contribution in [0.2, 0.25) is 0 Å². The van der Waals surface area contributed by atoms with Crippen LogP contribution in [0.5, 0.6) is 0 Å². The minimum absolute atomic E-state index is 0.0326. The van der Waals surface area contributed by atoms with Gasteiger partial charge in [0.1, 0.15) is 48.8 Å². The molecule has 0 aliphatic carbocycles. The summed E-state index contributed by atoms with van der Waals surface area (Å²) in [6, 6.07) is 0. The molecule has 2 aliphatic heterocycles. The van der Waals surface area contributed by atoms with E-state index >= 15 is 0 Å². The molecule has 152 valence electrons. The molecule has 0 saturated carbocycles. The van der Waals surface area contributed by atoms with E-state index in [2.05, 4.69) is 6.58 Å². The summed E-state index contributed by atoms with van der Waals surface area (Å²) in [4.78, 5) is 0. The second-order valence-corrected chi connectivity index (χ2v) is 6.13. The van der Waals surface area contributed by atoms with Crippen LogP contribution < -0.4 is 0 Å². The predicted octanol–water partition coefficient (Wildman–Crippen LogP) is -4.19. The molecule has 11 nitrogen and oxygen atoms in total. The summed E-state index contributed by atoms with van der Waals surface area (Å²) in [5, 5.41) is 68.6. The lowest BCUT2D eigenvalue weighted by molar-refractivity contribution is -0.358. The normalized spacial score (nSPS) is 46.9. The van der Waals surface area contributed by atoms with Crippen molar-refractivity contribution >= 4 is 0 Å². The van der Waals surface area contributed by atoms with Gasteiger partial charge in [-0.1, -0.05) is 6.08 Å². The Morgan fingerprint density at radius 3 is 1.92 bits per heavy atom. The average molecular weight is 382 g/mol. The minimum Gasteiger partial charge on any atom is -0.394 e. The predicted molar refractivity (Wildman–Crippen MR) is 82.5 cm³/mol. The van der Waals surface area contributed by atoms with Crippen molar-refractivity contribution in [3.05, 3.63) is 12.7 Å². The topological polar surface area (TPSA) is 179 Å². The molecular weight excluding hydrogens is 356 g/mol. The van der Waals surface area contributed by atoms with Crippen molar-refractivity contribution in [3.63, 3.8) is 0 Å². The Hall–Kier alpha value is -0.700. The van der Waals surface area contributed by atoms with Crippen LogP contribution in [0.4, 0.5) is 0 Å². The third-order valence-corrected chi connectivity index (χ3v) is 4.34. The van der Waals surface area contributed by atoms with Crippen molar-refractivity contribution in [1.82, 2.24) is 0 Å². The Morgan fingerprint density at radius 2 is 1.35 bits per heavy atom. The summed E-state index contributed by atoms with van der Waals surface area (Å²) in [6.45, 7) is 2.22. The Balaban J connectivity index is 2.10. The van der Waals surface area contributed by atoms with Crippen molar-refractivity contribution in [2.45, 2.75) is 61.4 Å². The molecule has 0 unspecified atom stereocenters. The third kappa shape index (κ3) is 4.40. The monoisotopic (exact) mass is 382 g/mol. The molecule has 2 aliphatic rings. The molecule has 0 bridgehead atoms. The highest BCUT2D eigenvalue weighted by Crippen LogP contribution is 2.29. The van der Waals surface area contributed by atoms with Crippen molar-refractivity contribution in [3.8, 4) is 0 Å². The van der Waals surface area contributed by atoms with Gasteiger partial charge in [-0.05, 0) is 0 Å². The quantitative estimate of drug-likeness (QED) is 0.212. The SMILES string of the molecule is C=CCO[C@@H]1O[C@H](CO)[C@@H](O[C@@H]2O[C@H](CO)[C@@H](O)[C@H](O)[C@H]2O)[C@H](O)[C@H]1O. The van der Waals surface area contributed by atoms with Crippen molar-refractivity contribution < 1.29 is 54.7 Å². The van der Waals surface area contributed by atoms with Crippen molar-refractivity contribution in [2.24, 2.45) is 0 Å². The van der Waals surface area contributed by atoms with Gasteiger partial charge in [-0.15, -0.1) is 6.58 Å². The summed E-state index contributed by atoms with van der Waals surface area (Å²) < 4.78 is 21.1. The van der Waals surface area contributed by atoms with E-state index in [4.69, 9.17) is 18.9 Å². The van der Waals surface area contributed by atoms with E-state index in [0.717, 1.165) is 0 Å². The summed E-state index contributed by atoms with van der Waals surface area (Å²) in [5.74, 6) is 0. The van der Waals surface area contributed by atoms with Gasteiger partial charge in [-0.2, -0.15) is 0 Å². The van der Waals surface area contributed by atoms with Gasteiger partial charge >= 0.3 is 0 Å². The van der Waals surface area contributed by atoms with Gasteiger partial charge < -0.3 is 54.7 Å². The van der Waals surface area contributed by atoms with Crippen molar-refractivity contribution in [2.75, 3.05) is 19.8 Å². The lowest BCUT2D eigenvalue weighted by Crippen LogP contribution is -2.64. The molecule has 0 radical (unpaired) electrons. The van der Waals surface area contributed by atoms with Gasteiger partial charge in [0.2, 0.25) is 0 Å². The van der Waals surface area contributed by atoms with E-state index in [-0.39, 0.29) is 6.61 Å². The molecule has 2 heterocycles. The molecule has 2 saturated heterocycles. The van der Waals surface area contributed by atoms with Gasteiger partial charge in [0, 0.05) is 0 Å². The van der Waals surface area contributed by atoms with E-state index in [1.54, 1.807) is 0 Å². The Labute approximate surface area is 149 Å². The van der Waals surface area contributed by atoms with Gasteiger partial charge in [-0.25, -0.2) is 0 Å². The molecule has 26 heavy (non-hydrogen) atoms. The van der Waals surface area contributed by atoms with Crippen LogP contribution in [0.1, 0.15) is 0 Å².